The summed E-state index contributed by atoms with van der Waals surface area (Å²) in [5, 5.41) is 0. The zero-order chi connectivity index (χ0) is 14.0. The van der Waals surface area contributed by atoms with Crippen LogP contribution in [0.3, 0.4) is 0 Å². The molecule has 19 heavy (non-hydrogen) atoms. The Morgan fingerprint density at radius 1 is 1.00 bits per heavy atom. The van der Waals surface area contributed by atoms with Crippen LogP contribution in [0.25, 0.3) is 0 Å². The molecule has 1 aromatic carbocycles. The third-order valence-corrected chi connectivity index (χ3v) is 4.36. The maximum Gasteiger partial charge on any atom is 0.399 e. The van der Waals surface area contributed by atoms with Crippen LogP contribution < -0.4 is 8.87 Å². The summed E-state index contributed by atoms with van der Waals surface area (Å²) in [5.41, 5.74) is 0.894. The average Bonchev–Trinajstić information content (AvgIpc) is 2.39. The number of hydrogen-bond donors (Lipinski definition) is 0. The van der Waals surface area contributed by atoms with E-state index in [2.05, 4.69) is 0 Å². The number of pyridine rings is 1. The molecule has 0 saturated carbocycles. The molecule has 0 bridgehead atoms. The first-order valence-electron chi connectivity index (χ1n) is 5.61. The van der Waals surface area contributed by atoms with Gasteiger partial charge in [-0.2, -0.15) is 8.42 Å². The number of aromatic nitrogens is 1. The number of halogens is 1. The first-order chi connectivity index (χ1) is 8.91. The Labute approximate surface area is 111 Å². The molecule has 0 fully saturated rings. The summed E-state index contributed by atoms with van der Waals surface area (Å²) in [6.07, 6.45) is 2.93. The van der Waals surface area contributed by atoms with Gasteiger partial charge in [-0.05, 0) is 24.3 Å². The predicted molar refractivity (Wildman–Crippen MR) is 69.9 cm³/mol. The van der Waals surface area contributed by atoms with E-state index in [1.54, 1.807) is 12.1 Å². The van der Waals surface area contributed by atoms with E-state index in [4.69, 9.17) is 0 Å². The highest BCUT2D eigenvalue weighted by Gasteiger charge is 2.24. The molecule has 0 radical (unpaired) electrons. The molecule has 0 saturated heterocycles. The van der Waals surface area contributed by atoms with Crippen LogP contribution in [0.5, 0.6) is 0 Å². The maximum atomic E-state index is 12.8. The Balaban J connectivity index is 2.42. The Morgan fingerprint density at radius 3 is 2.00 bits per heavy atom. The van der Waals surface area contributed by atoms with Crippen molar-refractivity contribution in [3.63, 3.8) is 0 Å². The molecule has 2 aromatic rings. The van der Waals surface area contributed by atoms with Crippen molar-refractivity contribution in [2.24, 2.45) is 0 Å². The molecule has 0 amide bonds. The van der Waals surface area contributed by atoms with Gasteiger partial charge in [0.15, 0.2) is 12.4 Å². The normalized spacial score (nSPS) is 11.3. The molecular weight excluding hydrogens is 267 g/mol. The van der Waals surface area contributed by atoms with Gasteiger partial charge in [-0.15, -0.1) is 0 Å². The van der Waals surface area contributed by atoms with E-state index in [1.807, 2.05) is 19.0 Å². The molecular formula is C13H14FN2O2S+. The summed E-state index contributed by atoms with van der Waals surface area (Å²) in [7, 11) is 0.0717. The molecule has 100 valence electrons. The lowest BCUT2D eigenvalue weighted by atomic mass is 10.4. The quantitative estimate of drug-likeness (QED) is 0.799. The SMILES string of the molecule is CN(C)c1cc[n+](S(=O)(=O)c2ccc(F)cc2)cc1. The number of benzene rings is 1. The van der Waals surface area contributed by atoms with Gasteiger partial charge in [0, 0.05) is 31.9 Å². The first-order valence-corrected chi connectivity index (χ1v) is 7.05. The minimum Gasteiger partial charge on any atom is -0.377 e. The highest BCUT2D eigenvalue weighted by Crippen LogP contribution is 2.11. The topological polar surface area (TPSA) is 41.3 Å². The van der Waals surface area contributed by atoms with E-state index in [-0.39, 0.29) is 4.90 Å². The fourth-order valence-corrected chi connectivity index (χ4v) is 2.76. The van der Waals surface area contributed by atoms with Crippen LogP contribution in [0.4, 0.5) is 10.1 Å². The third-order valence-electron chi connectivity index (χ3n) is 2.69. The standard InChI is InChI=1S/C13H14FN2O2S/c1-15(2)12-7-9-16(10-8-12)19(17,18)13-5-3-11(14)4-6-13/h3-10H,1-2H3/q+1. The summed E-state index contributed by atoms with van der Waals surface area (Å²) in [6.45, 7) is 0. The van der Waals surface area contributed by atoms with Gasteiger partial charge < -0.3 is 4.90 Å². The molecule has 0 atom stereocenters. The van der Waals surface area contributed by atoms with Gasteiger partial charge in [-0.1, -0.05) is 3.97 Å². The smallest absolute Gasteiger partial charge is 0.377 e. The monoisotopic (exact) mass is 281 g/mol. The Morgan fingerprint density at radius 2 is 1.53 bits per heavy atom. The average molecular weight is 281 g/mol. The number of nitrogens with zero attached hydrogens (tertiary/aromatic N) is 2. The van der Waals surface area contributed by atoms with Gasteiger partial charge in [0.25, 0.3) is 0 Å². The van der Waals surface area contributed by atoms with Crippen LogP contribution in [-0.2, 0) is 10.0 Å². The van der Waals surface area contributed by atoms with E-state index < -0.39 is 15.8 Å². The van der Waals surface area contributed by atoms with Gasteiger partial charge in [-0.25, -0.2) is 4.39 Å². The van der Waals surface area contributed by atoms with Crippen molar-refractivity contribution < 1.29 is 16.8 Å². The van der Waals surface area contributed by atoms with E-state index in [0.29, 0.717) is 0 Å². The van der Waals surface area contributed by atoms with Gasteiger partial charge in [0.1, 0.15) is 10.7 Å². The molecule has 1 heterocycles. The minimum atomic E-state index is -3.67. The molecule has 1 aromatic heterocycles. The minimum absolute atomic E-state index is 0.0523. The van der Waals surface area contributed by atoms with Gasteiger partial charge in [0.05, 0.1) is 0 Å². The zero-order valence-corrected chi connectivity index (χ0v) is 11.4. The Hall–Kier alpha value is -1.95. The molecule has 0 N–H and O–H groups in total. The summed E-state index contributed by atoms with van der Waals surface area (Å²) in [5.74, 6) is -0.466. The van der Waals surface area contributed by atoms with Crippen molar-refractivity contribution in [1.82, 2.24) is 0 Å². The number of anilines is 1. The van der Waals surface area contributed by atoms with Crippen LogP contribution in [-0.4, -0.2) is 22.5 Å². The van der Waals surface area contributed by atoms with Gasteiger partial charge >= 0.3 is 10.0 Å². The van der Waals surface area contributed by atoms with Crippen molar-refractivity contribution in [2.45, 2.75) is 4.90 Å². The zero-order valence-electron chi connectivity index (χ0n) is 10.6. The molecule has 0 aliphatic rings. The molecule has 0 spiro atoms. The number of rotatable bonds is 3. The van der Waals surface area contributed by atoms with E-state index in [9.17, 15) is 12.8 Å². The van der Waals surface area contributed by atoms with Crippen LogP contribution >= 0.6 is 0 Å². The molecule has 0 aliphatic heterocycles. The van der Waals surface area contributed by atoms with Gasteiger partial charge in [0.2, 0.25) is 0 Å². The lowest BCUT2D eigenvalue weighted by Gasteiger charge is -2.10. The lowest BCUT2D eigenvalue weighted by molar-refractivity contribution is -0.511. The van der Waals surface area contributed by atoms with Crippen molar-refractivity contribution >= 4 is 15.7 Å². The molecule has 0 aliphatic carbocycles. The molecule has 0 unspecified atom stereocenters. The van der Waals surface area contributed by atoms with Crippen molar-refractivity contribution in [2.75, 3.05) is 19.0 Å². The van der Waals surface area contributed by atoms with Gasteiger partial charge in [-0.3, -0.25) is 0 Å². The van der Waals surface area contributed by atoms with E-state index >= 15 is 0 Å². The Bertz CT molecular complexity index is 665. The first kappa shape index (κ1) is 13.5. The highest BCUT2D eigenvalue weighted by molar-refractivity contribution is 7.85. The molecule has 4 nitrogen and oxygen atoms in total. The summed E-state index contributed by atoms with van der Waals surface area (Å²) in [6, 6.07) is 8.14. The molecule has 6 heteroatoms. The van der Waals surface area contributed by atoms with Crippen LogP contribution in [0.2, 0.25) is 0 Å². The van der Waals surface area contributed by atoms with Crippen LogP contribution in [0, 0.1) is 5.82 Å². The van der Waals surface area contributed by atoms with E-state index in [1.165, 1.54) is 24.5 Å². The molecule has 2 rings (SSSR count). The maximum absolute atomic E-state index is 12.8. The van der Waals surface area contributed by atoms with E-state index in [0.717, 1.165) is 21.8 Å². The lowest BCUT2D eigenvalue weighted by Crippen LogP contribution is -2.41. The highest BCUT2D eigenvalue weighted by atomic mass is 32.2. The van der Waals surface area contributed by atoms with Crippen molar-refractivity contribution in [1.29, 1.82) is 0 Å². The second-order valence-corrected chi connectivity index (χ2v) is 6.08. The third kappa shape index (κ3) is 2.73. The predicted octanol–water partition coefficient (Wildman–Crippen LogP) is 1.42. The largest absolute Gasteiger partial charge is 0.399 e. The summed E-state index contributed by atoms with van der Waals surface area (Å²) in [4.78, 5) is 1.92. The number of hydrogen-bond acceptors (Lipinski definition) is 3. The summed E-state index contributed by atoms with van der Waals surface area (Å²) >= 11 is 0. The Kier molecular flexibility index (Phi) is 3.53. The van der Waals surface area contributed by atoms with Crippen molar-refractivity contribution in [3.05, 3.63) is 54.6 Å². The summed E-state index contributed by atoms with van der Waals surface area (Å²) < 4.78 is 38.4. The second-order valence-electron chi connectivity index (χ2n) is 4.24. The van der Waals surface area contributed by atoms with Crippen LogP contribution in [0.1, 0.15) is 0 Å². The fourth-order valence-electron chi connectivity index (χ4n) is 1.59. The fraction of sp³-hybridized carbons (Fsp3) is 0.154. The van der Waals surface area contributed by atoms with Crippen molar-refractivity contribution in [3.8, 4) is 0 Å². The second kappa shape index (κ2) is 4.97. The van der Waals surface area contributed by atoms with Crippen LogP contribution in [0.15, 0.2) is 53.7 Å².